The van der Waals surface area contributed by atoms with Crippen molar-refractivity contribution in [2.45, 2.75) is 45.2 Å². The minimum atomic E-state index is 0.556. The van der Waals surface area contributed by atoms with Crippen molar-refractivity contribution in [2.24, 2.45) is 0 Å². The van der Waals surface area contributed by atoms with Gasteiger partial charge in [0.05, 0.1) is 0 Å². The molecule has 1 saturated heterocycles. The molecule has 0 aromatic heterocycles. The molecular weight excluding hydrogens is 188 g/mol. The number of carbonyl (C=O) groups excluding carboxylic acids is 1. The number of hydrogen-bond donors (Lipinski definition) is 0. The van der Waals surface area contributed by atoms with Crippen molar-refractivity contribution < 1.29 is 4.79 Å². The number of likely N-dealkylation sites (N-methyl/N-ethyl adjacent to an activating group) is 1. The first-order chi connectivity index (χ1) is 7.15. The lowest BCUT2D eigenvalue weighted by molar-refractivity contribution is -0.108. The molecule has 1 fully saturated rings. The molecule has 0 aromatic rings. The van der Waals surface area contributed by atoms with Crippen LogP contribution < -0.4 is 0 Å². The van der Waals surface area contributed by atoms with Gasteiger partial charge in [0, 0.05) is 25.0 Å². The summed E-state index contributed by atoms with van der Waals surface area (Å²) in [7, 11) is 2.18. The second kappa shape index (κ2) is 6.23. The Hall–Kier alpha value is -0.410. The lowest BCUT2D eigenvalue weighted by Gasteiger charge is -2.30. The van der Waals surface area contributed by atoms with Crippen molar-refractivity contribution in [3.63, 3.8) is 0 Å². The molecule has 1 unspecified atom stereocenters. The van der Waals surface area contributed by atoms with Crippen molar-refractivity contribution in [2.75, 3.05) is 26.7 Å². The first kappa shape index (κ1) is 12.7. The summed E-state index contributed by atoms with van der Waals surface area (Å²) in [5, 5.41) is 0. The summed E-state index contributed by atoms with van der Waals surface area (Å²) in [5.74, 6) is 0. The van der Waals surface area contributed by atoms with E-state index in [1.165, 1.54) is 13.0 Å². The van der Waals surface area contributed by atoms with Gasteiger partial charge in [-0.1, -0.05) is 0 Å². The van der Waals surface area contributed by atoms with E-state index in [0.29, 0.717) is 18.5 Å². The molecule has 0 radical (unpaired) electrons. The Morgan fingerprint density at radius 2 is 2.13 bits per heavy atom. The van der Waals surface area contributed by atoms with E-state index in [2.05, 4.69) is 30.7 Å². The minimum Gasteiger partial charge on any atom is -0.303 e. The van der Waals surface area contributed by atoms with Gasteiger partial charge in [-0.25, -0.2) is 0 Å². The zero-order chi connectivity index (χ0) is 11.3. The van der Waals surface area contributed by atoms with Crippen molar-refractivity contribution in [3.05, 3.63) is 0 Å². The first-order valence-corrected chi connectivity index (χ1v) is 6.03. The van der Waals surface area contributed by atoms with Crippen LogP contribution in [0, 0.1) is 0 Å². The van der Waals surface area contributed by atoms with E-state index in [1.807, 2.05) is 0 Å². The summed E-state index contributed by atoms with van der Waals surface area (Å²) >= 11 is 0. The molecule has 15 heavy (non-hydrogen) atoms. The lowest BCUT2D eigenvalue weighted by atomic mass is 10.1. The van der Waals surface area contributed by atoms with Gasteiger partial charge in [-0.2, -0.15) is 0 Å². The van der Waals surface area contributed by atoms with Crippen LogP contribution >= 0.6 is 0 Å². The van der Waals surface area contributed by atoms with E-state index in [0.717, 1.165) is 25.8 Å². The zero-order valence-electron chi connectivity index (χ0n) is 10.3. The molecule has 3 heteroatoms. The predicted molar refractivity (Wildman–Crippen MR) is 63.0 cm³/mol. The van der Waals surface area contributed by atoms with Gasteiger partial charge in [-0.05, 0) is 46.8 Å². The SMILES string of the molecule is CC(C)N1CCCN(C)C(CCC=O)C1. The fourth-order valence-electron chi connectivity index (χ4n) is 2.25. The van der Waals surface area contributed by atoms with Crippen molar-refractivity contribution >= 4 is 6.29 Å². The number of nitrogens with zero attached hydrogens (tertiary/aromatic N) is 2. The zero-order valence-corrected chi connectivity index (χ0v) is 10.3. The maximum Gasteiger partial charge on any atom is 0.120 e. The van der Waals surface area contributed by atoms with E-state index in [9.17, 15) is 4.79 Å². The van der Waals surface area contributed by atoms with Gasteiger partial charge in [0.25, 0.3) is 0 Å². The summed E-state index contributed by atoms with van der Waals surface area (Å²) in [5.41, 5.74) is 0. The largest absolute Gasteiger partial charge is 0.303 e. The summed E-state index contributed by atoms with van der Waals surface area (Å²) in [6.45, 7) is 7.97. The standard InChI is InChI=1S/C12H24N2O/c1-11(2)14-8-5-7-13(3)12(10-14)6-4-9-15/h9,11-12H,4-8,10H2,1-3H3. The number of rotatable bonds is 4. The molecule has 1 atom stereocenters. The second-order valence-corrected chi connectivity index (χ2v) is 4.82. The maximum absolute atomic E-state index is 10.4. The number of carbonyl (C=O) groups is 1. The molecule has 1 aliphatic rings. The average Bonchev–Trinajstić information content (AvgIpc) is 2.37. The van der Waals surface area contributed by atoms with E-state index >= 15 is 0 Å². The lowest BCUT2D eigenvalue weighted by Crippen LogP contribution is -2.41. The monoisotopic (exact) mass is 212 g/mol. The molecule has 1 heterocycles. The van der Waals surface area contributed by atoms with Gasteiger partial charge >= 0.3 is 0 Å². The first-order valence-electron chi connectivity index (χ1n) is 6.03. The van der Waals surface area contributed by atoms with Gasteiger partial charge in [-0.3, -0.25) is 4.90 Å². The fraction of sp³-hybridized carbons (Fsp3) is 0.917. The van der Waals surface area contributed by atoms with E-state index in [1.54, 1.807) is 0 Å². The Morgan fingerprint density at radius 3 is 2.73 bits per heavy atom. The average molecular weight is 212 g/mol. The highest BCUT2D eigenvalue weighted by atomic mass is 16.1. The molecule has 0 amide bonds. The maximum atomic E-state index is 10.4. The quantitative estimate of drug-likeness (QED) is 0.658. The van der Waals surface area contributed by atoms with Crippen LogP contribution in [0.5, 0.6) is 0 Å². The van der Waals surface area contributed by atoms with Crippen LogP contribution in [0.15, 0.2) is 0 Å². The summed E-state index contributed by atoms with van der Waals surface area (Å²) < 4.78 is 0. The third-order valence-corrected chi connectivity index (χ3v) is 3.37. The Bertz CT molecular complexity index is 194. The number of aldehydes is 1. The van der Waals surface area contributed by atoms with Gasteiger partial charge in [-0.15, -0.1) is 0 Å². The summed E-state index contributed by atoms with van der Waals surface area (Å²) in [6.07, 6.45) is 3.98. The highest BCUT2D eigenvalue weighted by molar-refractivity contribution is 5.49. The van der Waals surface area contributed by atoms with E-state index in [4.69, 9.17) is 0 Å². The van der Waals surface area contributed by atoms with E-state index in [-0.39, 0.29) is 0 Å². The Balaban J connectivity index is 2.52. The molecule has 0 aliphatic carbocycles. The predicted octanol–water partition coefficient (Wildman–Crippen LogP) is 1.38. The Kier molecular flexibility index (Phi) is 5.26. The molecule has 88 valence electrons. The molecule has 1 rings (SSSR count). The van der Waals surface area contributed by atoms with Gasteiger partial charge in [0.1, 0.15) is 6.29 Å². The van der Waals surface area contributed by atoms with Crippen LogP contribution in [0.2, 0.25) is 0 Å². The molecular formula is C12H24N2O. The third-order valence-electron chi connectivity index (χ3n) is 3.37. The van der Waals surface area contributed by atoms with Crippen molar-refractivity contribution in [3.8, 4) is 0 Å². The molecule has 1 aliphatic heterocycles. The normalized spacial score (nSPS) is 25.5. The molecule has 0 bridgehead atoms. The van der Waals surface area contributed by atoms with Crippen molar-refractivity contribution in [1.82, 2.24) is 9.80 Å². The van der Waals surface area contributed by atoms with Gasteiger partial charge < -0.3 is 9.69 Å². The molecule has 0 spiro atoms. The minimum absolute atomic E-state index is 0.556. The summed E-state index contributed by atoms with van der Waals surface area (Å²) in [6, 6.07) is 1.18. The van der Waals surface area contributed by atoms with Crippen LogP contribution in [0.4, 0.5) is 0 Å². The number of hydrogen-bond acceptors (Lipinski definition) is 3. The van der Waals surface area contributed by atoms with Gasteiger partial charge in [0.2, 0.25) is 0 Å². The van der Waals surface area contributed by atoms with Crippen LogP contribution in [0.1, 0.15) is 33.1 Å². The topological polar surface area (TPSA) is 23.6 Å². The van der Waals surface area contributed by atoms with Gasteiger partial charge in [0.15, 0.2) is 0 Å². The van der Waals surface area contributed by atoms with Crippen molar-refractivity contribution in [1.29, 1.82) is 0 Å². The Labute approximate surface area is 93.4 Å². The smallest absolute Gasteiger partial charge is 0.120 e. The molecule has 0 N–H and O–H groups in total. The van der Waals surface area contributed by atoms with Crippen LogP contribution in [-0.2, 0) is 4.79 Å². The molecule has 3 nitrogen and oxygen atoms in total. The highest BCUT2D eigenvalue weighted by Gasteiger charge is 2.22. The highest BCUT2D eigenvalue weighted by Crippen LogP contribution is 2.14. The van der Waals surface area contributed by atoms with Crippen LogP contribution in [0.3, 0.4) is 0 Å². The Morgan fingerprint density at radius 1 is 1.40 bits per heavy atom. The van der Waals surface area contributed by atoms with E-state index < -0.39 is 0 Å². The molecule has 0 saturated carbocycles. The fourth-order valence-corrected chi connectivity index (χ4v) is 2.25. The summed E-state index contributed by atoms with van der Waals surface area (Å²) in [4.78, 5) is 15.4. The third kappa shape index (κ3) is 3.92. The van der Waals surface area contributed by atoms with Crippen LogP contribution in [0.25, 0.3) is 0 Å². The second-order valence-electron chi connectivity index (χ2n) is 4.82. The molecule has 0 aromatic carbocycles. The van der Waals surface area contributed by atoms with Crippen LogP contribution in [-0.4, -0.2) is 54.9 Å².